The number of cyclic esters (lactones) is 1. The van der Waals surface area contributed by atoms with Crippen molar-refractivity contribution in [3.05, 3.63) is 88.3 Å². The molecule has 1 fully saturated rings. The van der Waals surface area contributed by atoms with Crippen molar-refractivity contribution in [3.8, 4) is 0 Å². The van der Waals surface area contributed by atoms with E-state index in [0.717, 1.165) is 0 Å². The van der Waals surface area contributed by atoms with E-state index in [4.69, 9.17) is 4.74 Å². The van der Waals surface area contributed by atoms with E-state index in [2.05, 4.69) is 15.5 Å². The number of carbonyl (C=O) groups is 1. The Morgan fingerprint density at radius 1 is 1.12 bits per heavy atom. The second-order valence-corrected chi connectivity index (χ2v) is 8.31. The average Bonchev–Trinajstić information content (AvgIpc) is 3.17. The predicted octanol–water partition coefficient (Wildman–Crippen LogP) is 3.69. The molecular weight excluding hydrogens is 442 g/mol. The highest BCUT2D eigenvalue weighted by Gasteiger charge is 2.26. The highest BCUT2D eigenvalue weighted by Crippen LogP contribution is 2.36. The normalized spacial score (nSPS) is 18.2. The Hall–Kier alpha value is -3.72. The van der Waals surface area contributed by atoms with Gasteiger partial charge in [-0.05, 0) is 76.9 Å². The Kier molecular flexibility index (Phi) is 6.65. The molecule has 0 bridgehead atoms. The fourth-order valence-corrected chi connectivity index (χ4v) is 4.11. The fraction of sp³-hybridized carbons (Fsp3) is 0.280. The average molecular weight is 466 g/mol. The van der Waals surface area contributed by atoms with Crippen molar-refractivity contribution in [2.24, 2.45) is 7.05 Å². The molecule has 1 saturated heterocycles. The highest BCUT2D eigenvalue weighted by molar-refractivity contribution is 6.02. The van der Waals surface area contributed by atoms with E-state index >= 15 is 0 Å². The lowest BCUT2D eigenvalue weighted by atomic mass is 9.87. The molecule has 1 N–H and O–H groups in total. The Bertz CT molecular complexity index is 1250. The molecule has 0 radical (unpaired) electrons. The molecule has 1 aliphatic rings. The number of aryl methyl sites for hydroxylation is 3. The molecule has 0 aliphatic carbocycles. The number of hydrogen-bond acceptors (Lipinski definition) is 6. The lowest BCUT2D eigenvalue weighted by Crippen LogP contribution is -2.31. The van der Waals surface area contributed by atoms with E-state index in [1.807, 2.05) is 0 Å². The first-order valence-electron chi connectivity index (χ1n) is 10.8. The second-order valence-electron chi connectivity index (χ2n) is 8.31. The SMILES string of the molecule is Cc1cc(F)ccc1C(=C(/C=C/C1CC(O)CC(=O)O1)c1nnnn1C)c1ccc(F)cc1C. The molecule has 7 nitrogen and oxygen atoms in total. The summed E-state index contributed by atoms with van der Waals surface area (Å²) in [5.41, 5.74) is 3.97. The van der Waals surface area contributed by atoms with Gasteiger partial charge in [0.1, 0.15) is 17.7 Å². The van der Waals surface area contributed by atoms with Crippen LogP contribution >= 0.6 is 0 Å². The number of aromatic nitrogens is 4. The second kappa shape index (κ2) is 9.64. The molecule has 176 valence electrons. The Labute approximate surface area is 195 Å². The molecule has 0 saturated carbocycles. The summed E-state index contributed by atoms with van der Waals surface area (Å²) in [6, 6.07) is 8.87. The lowest BCUT2D eigenvalue weighted by Gasteiger charge is -2.24. The van der Waals surface area contributed by atoms with E-state index < -0.39 is 18.2 Å². The minimum Gasteiger partial charge on any atom is -0.458 e. The van der Waals surface area contributed by atoms with E-state index in [-0.39, 0.29) is 24.5 Å². The van der Waals surface area contributed by atoms with E-state index in [9.17, 15) is 18.7 Å². The third kappa shape index (κ3) is 4.94. The van der Waals surface area contributed by atoms with Gasteiger partial charge in [-0.3, -0.25) is 4.79 Å². The standard InChI is InChI=1S/C25H24F2N4O3/c1-14-10-16(26)4-7-20(14)24(21-8-5-17(27)11-15(21)2)22(25-28-29-30-31(25)3)9-6-19-12-18(32)13-23(33)34-19/h4-11,18-19,32H,12-13H2,1-3H3/b9-6+. The van der Waals surface area contributed by atoms with Crippen molar-refractivity contribution in [1.82, 2.24) is 20.2 Å². The van der Waals surface area contributed by atoms with Crippen LogP contribution in [-0.2, 0) is 16.6 Å². The maximum atomic E-state index is 14.0. The summed E-state index contributed by atoms with van der Waals surface area (Å²) in [6.07, 6.45) is 2.17. The molecule has 0 amide bonds. The summed E-state index contributed by atoms with van der Waals surface area (Å²) in [6.45, 7) is 3.57. The number of allylic oxidation sites excluding steroid dienone is 2. The van der Waals surface area contributed by atoms with Crippen LogP contribution in [0.2, 0.25) is 0 Å². The van der Waals surface area contributed by atoms with Crippen molar-refractivity contribution >= 4 is 17.1 Å². The van der Waals surface area contributed by atoms with Crippen LogP contribution in [0.4, 0.5) is 8.78 Å². The van der Waals surface area contributed by atoms with E-state index in [1.165, 1.54) is 28.9 Å². The van der Waals surface area contributed by atoms with Crippen molar-refractivity contribution in [1.29, 1.82) is 0 Å². The summed E-state index contributed by atoms with van der Waals surface area (Å²) in [4.78, 5) is 11.8. The van der Waals surface area contributed by atoms with Gasteiger partial charge in [0.05, 0.1) is 12.5 Å². The van der Waals surface area contributed by atoms with E-state index in [0.29, 0.717) is 39.2 Å². The predicted molar refractivity (Wildman–Crippen MR) is 121 cm³/mol. The smallest absolute Gasteiger partial charge is 0.309 e. The van der Waals surface area contributed by atoms with Gasteiger partial charge in [-0.15, -0.1) is 5.10 Å². The van der Waals surface area contributed by atoms with Gasteiger partial charge in [0.25, 0.3) is 0 Å². The first-order valence-corrected chi connectivity index (χ1v) is 10.8. The van der Waals surface area contributed by atoms with Crippen LogP contribution in [0.3, 0.4) is 0 Å². The molecule has 2 unspecified atom stereocenters. The Morgan fingerprint density at radius 3 is 2.24 bits per heavy atom. The summed E-state index contributed by atoms with van der Waals surface area (Å²) in [5, 5.41) is 21.8. The number of halogens is 2. The van der Waals surface area contributed by atoms with Crippen molar-refractivity contribution in [2.75, 3.05) is 0 Å². The van der Waals surface area contributed by atoms with Crippen LogP contribution in [0.25, 0.3) is 11.1 Å². The first kappa shape index (κ1) is 23.4. The van der Waals surface area contributed by atoms with Gasteiger partial charge in [-0.25, -0.2) is 13.5 Å². The molecule has 4 rings (SSSR count). The number of tetrazole rings is 1. The minimum absolute atomic E-state index is 0.0466. The number of hydrogen-bond donors (Lipinski definition) is 1. The van der Waals surface area contributed by atoms with Crippen LogP contribution < -0.4 is 0 Å². The number of esters is 1. The molecule has 9 heteroatoms. The minimum atomic E-state index is -0.794. The molecule has 0 spiro atoms. The zero-order chi connectivity index (χ0) is 24.4. The van der Waals surface area contributed by atoms with Gasteiger partial charge in [0.2, 0.25) is 0 Å². The van der Waals surface area contributed by atoms with Crippen LogP contribution in [0, 0.1) is 25.5 Å². The summed E-state index contributed by atoms with van der Waals surface area (Å²) in [5.74, 6) is -0.835. The summed E-state index contributed by atoms with van der Waals surface area (Å²) in [7, 11) is 1.68. The highest BCUT2D eigenvalue weighted by atomic mass is 19.1. The van der Waals surface area contributed by atoms with Gasteiger partial charge in [0.15, 0.2) is 5.82 Å². The van der Waals surface area contributed by atoms with E-state index in [1.54, 1.807) is 45.2 Å². The zero-order valence-electron chi connectivity index (χ0n) is 19.0. The molecule has 2 heterocycles. The third-order valence-electron chi connectivity index (χ3n) is 5.71. The van der Waals surface area contributed by atoms with Crippen molar-refractivity contribution < 1.29 is 23.4 Å². The molecule has 2 atom stereocenters. The quantitative estimate of drug-likeness (QED) is 0.456. The van der Waals surface area contributed by atoms with Gasteiger partial charge < -0.3 is 9.84 Å². The zero-order valence-corrected chi connectivity index (χ0v) is 19.0. The number of benzene rings is 2. The molecule has 2 aromatic carbocycles. The number of aliphatic hydroxyl groups excluding tert-OH is 1. The molecular formula is C25H24F2N4O3. The van der Waals surface area contributed by atoms with Crippen molar-refractivity contribution in [2.45, 2.75) is 38.9 Å². The van der Waals surface area contributed by atoms with Gasteiger partial charge in [-0.2, -0.15) is 0 Å². The summed E-state index contributed by atoms with van der Waals surface area (Å²) < 4.78 is 34.8. The number of nitrogens with zero attached hydrogens (tertiary/aromatic N) is 4. The number of ether oxygens (including phenoxy) is 1. The fourth-order valence-electron chi connectivity index (χ4n) is 4.11. The monoisotopic (exact) mass is 466 g/mol. The maximum Gasteiger partial charge on any atom is 0.309 e. The molecule has 1 aliphatic heterocycles. The molecule has 3 aromatic rings. The van der Waals surface area contributed by atoms with Gasteiger partial charge >= 0.3 is 5.97 Å². The topological polar surface area (TPSA) is 90.1 Å². The van der Waals surface area contributed by atoms with Crippen LogP contribution in [0.15, 0.2) is 48.6 Å². The van der Waals surface area contributed by atoms with Crippen LogP contribution in [0.1, 0.15) is 40.9 Å². The maximum absolute atomic E-state index is 14.0. The van der Waals surface area contributed by atoms with Crippen LogP contribution in [-0.4, -0.2) is 43.5 Å². The summed E-state index contributed by atoms with van der Waals surface area (Å²) >= 11 is 0. The molecule has 1 aromatic heterocycles. The Balaban J connectivity index is 1.98. The number of rotatable bonds is 5. The van der Waals surface area contributed by atoms with Gasteiger partial charge in [-0.1, -0.05) is 18.2 Å². The number of aliphatic hydroxyl groups is 1. The van der Waals surface area contributed by atoms with Gasteiger partial charge in [0, 0.05) is 24.6 Å². The van der Waals surface area contributed by atoms with Crippen LogP contribution in [0.5, 0.6) is 0 Å². The van der Waals surface area contributed by atoms with Crippen molar-refractivity contribution in [3.63, 3.8) is 0 Å². The third-order valence-corrected chi connectivity index (χ3v) is 5.71. The number of carbonyl (C=O) groups excluding carboxylic acids is 1. The first-order chi connectivity index (χ1) is 16.2. The molecule has 34 heavy (non-hydrogen) atoms. The lowest BCUT2D eigenvalue weighted by molar-refractivity contribution is -0.156. The largest absolute Gasteiger partial charge is 0.458 e. The Morgan fingerprint density at radius 2 is 1.74 bits per heavy atom.